The highest BCUT2D eigenvalue weighted by molar-refractivity contribution is 6.09. The molecular formula is C18H27N3O5. The van der Waals surface area contributed by atoms with Gasteiger partial charge in [-0.2, -0.15) is 0 Å². The standard InChI is InChI=1S/C18H27N3O5/c22-14(20-10-4-5-13(11-20)6-7-15(23)24)12-21-16(25)18(19-17(21)26)8-2-1-3-9-18/h13H,1-12H2,(H,19,26)(H,23,24). The number of hydrogen-bond acceptors (Lipinski definition) is 4. The number of nitrogens with zero attached hydrogens (tertiary/aromatic N) is 2. The Morgan fingerprint density at radius 3 is 2.58 bits per heavy atom. The molecule has 1 spiro atoms. The number of carbonyl (C=O) groups excluding carboxylic acids is 3. The van der Waals surface area contributed by atoms with Gasteiger partial charge in [0.05, 0.1) is 0 Å². The molecule has 1 aliphatic carbocycles. The fourth-order valence-corrected chi connectivity index (χ4v) is 4.40. The van der Waals surface area contributed by atoms with Gasteiger partial charge in [0.1, 0.15) is 12.1 Å². The molecule has 144 valence electrons. The van der Waals surface area contributed by atoms with Crippen LogP contribution in [-0.2, 0) is 14.4 Å². The third-order valence-electron chi connectivity index (χ3n) is 5.88. The summed E-state index contributed by atoms with van der Waals surface area (Å²) < 4.78 is 0. The van der Waals surface area contributed by atoms with E-state index in [2.05, 4.69) is 5.32 Å². The highest BCUT2D eigenvalue weighted by Crippen LogP contribution is 2.33. The third kappa shape index (κ3) is 3.83. The van der Waals surface area contributed by atoms with Gasteiger partial charge in [-0.3, -0.25) is 19.3 Å². The minimum Gasteiger partial charge on any atom is -0.481 e. The number of aliphatic carboxylic acids is 1. The summed E-state index contributed by atoms with van der Waals surface area (Å²) in [6.07, 6.45) is 6.54. The zero-order valence-corrected chi connectivity index (χ0v) is 15.0. The van der Waals surface area contributed by atoms with E-state index in [0.717, 1.165) is 37.0 Å². The highest BCUT2D eigenvalue weighted by atomic mass is 16.4. The molecule has 1 saturated carbocycles. The van der Waals surface area contributed by atoms with Crippen molar-refractivity contribution in [2.24, 2.45) is 5.92 Å². The molecule has 0 radical (unpaired) electrons. The molecule has 4 amide bonds. The van der Waals surface area contributed by atoms with E-state index in [0.29, 0.717) is 32.4 Å². The molecule has 1 unspecified atom stereocenters. The molecule has 3 fully saturated rings. The Hall–Kier alpha value is -2.12. The van der Waals surface area contributed by atoms with Crippen LogP contribution >= 0.6 is 0 Å². The van der Waals surface area contributed by atoms with Crippen LogP contribution in [0.2, 0.25) is 0 Å². The molecule has 2 N–H and O–H groups in total. The number of imide groups is 1. The number of carboxylic acids is 1. The van der Waals surface area contributed by atoms with Gasteiger partial charge < -0.3 is 15.3 Å². The van der Waals surface area contributed by atoms with Crippen LogP contribution in [0.4, 0.5) is 4.79 Å². The van der Waals surface area contributed by atoms with Crippen LogP contribution in [0.15, 0.2) is 0 Å². The van der Waals surface area contributed by atoms with E-state index < -0.39 is 17.5 Å². The molecule has 2 aliphatic heterocycles. The van der Waals surface area contributed by atoms with Gasteiger partial charge in [-0.25, -0.2) is 4.79 Å². The average Bonchev–Trinajstić information content (AvgIpc) is 2.85. The zero-order valence-electron chi connectivity index (χ0n) is 15.0. The minimum absolute atomic E-state index is 0.0994. The number of nitrogens with one attached hydrogen (secondary N) is 1. The predicted octanol–water partition coefficient (Wildman–Crippen LogP) is 1.34. The van der Waals surface area contributed by atoms with Crippen LogP contribution in [0, 0.1) is 5.92 Å². The maximum absolute atomic E-state index is 12.8. The lowest BCUT2D eigenvalue weighted by molar-refractivity contribution is -0.140. The van der Waals surface area contributed by atoms with Crippen LogP contribution < -0.4 is 5.32 Å². The largest absolute Gasteiger partial charge is 0.481 e. The van der Waals surface area contributed by atoms with Gasteiger partial charge in [0.2, 0.25) is 5.91 Å². The van der Waals surface area contributed by atoms with E-state index in [1.807, 2.05) is 0 Å². The first kappa shape index (κ1) is 18.7. The van der Waals surface area contributed by atoms with Crippen LogP contribution in [0.1, 0.15) is 57.8 Å². The Bertz CT molecular complexity index is 600. The van der Waals surface area contributed by atoms with Crippen molar-refractivity contribution in [3.63, 3.8) is 0 Å². The van der Waals surface area contributed by atoms with Gasteiger partial charge in [0.15, 0.2) is 0 Å². The van der Waals surface area contributed by atoms with Crippen molar-refractivity contribution in [3.8, 4) is 0 Å². The van der Waals surface area contributed by atoms with Gasteiger partial charge >= 0.3 is 12.0 Å². The van der Waals surface area contributed by atoms with E-state index in [9.17, 15) is 19.2 Å². The van der Waals surface area contributed by atoms with E-state index in [-0.39, 0.29) is 30.7 Å². The lowest BCUT2D eigenvalue weighted by Gasteiger charge is -2.33. The maximum atomic E-state index is 12.8. The van der Waals surface area contributed by atoms with E-state index >= 15 is 0 Å². The van der Waals surface area contributed by atoms with Gasteiger partial charge in [-0.15, -0.1) is 0 Å². The van der Waals surface area contributed by atoms with Crippen molar-refractivity contribution in [2.45, 2.75) is 63.3 Å². The number of piperidine rings is 1. The highest BCUT2D eigenvalue weighted by Gasteiger charge is 2.51. The summed E-state index contributed by atoms with van der Waals surface area (Å²) >= 11 is 0. The first-order valence-corrected chi connectivity index (χ1v) is 9.55. The molecule has 0 bridgehead atoms. The zero-order chi connectivity index (χ0) is 18.7. The van der Waals surface area contributed by atoms with E-state index in [1.54, 1.807) is 4.90 Å². The fraction of sp³-hybridized carbons (Fsp3) is 0.778. The summed E-state index contributed by atoms with van der Waals surface area (Å²) in [5.41, 5.74) is -0.804. The smallest absolute Gasteiger partial charge is 0.325 e. The predicted molar refractivity (Wildman–Crippen MR) is 92.2 cm³/mol. The molecule has 8 heteroatoms. The molecule has 26 heavy (non-hydrogen) atoms. The van der Waals surface area contributed by atoms with E-state index in [1.165, 1.54) is 0 Å². The van der Waals surface area contributed by atoms with Crippen LogP contribution in [0.5, 0.6) is 0 Å². The van der Waals surface area contributed by atoms with Crippen LogP contribution in [0.25, 0.3) is 0 Å². The second-order valence-electron chi connectivity index (χ2n) is 7.74. The molecule has 2 saturated heterocycles. The van der Waals surface area contributed by atoms with Crippen molar-refractivity contribution in [1.82, 2.24) is 15.1 Å². The lowest BCUT2D eigenvalue weighted by atomic mass is 9.82. The molecule has 8 nitrogen and oxygen atoms in total. The lowest BCUT2D eigenvalue weighted by Crippen LogP contribution is -2.49. The van der Waals surface area contributed by atoms with Crippen molar-refractivity contribution < 1.29 is 24.3 Å². The second-order valence-corrected chi connectivity index (χ2v) is 7.74. The van der Waals surface area contributed by atoms with Gasteiger partial charge in [-0.05, 0) is 38.0 Å². The SMILES string of the molecule is O=C(O)CCC1CCCN(C(=O)CN2C(=O)NC3(CCCCC3)C2=O)C1. The number of carboxylic acid groups (broad SMARTS) is 1. The topological polar surface area (TPSA) is 107 Å². The molecule has 0 aromatic carbocycles. The summed E-state index contributed by atoms with van der Waals surface area (Å²) in [5, 5.41) is 11.6. The Labute approximate surface area is 152 Å². The number of amides is 4. The number of likely N-dealkylation sites (tertiary alicyclic amines) is 1. The summed E-state index contributed by atoms with van der Waals surface area (Å²) in [5.74, 6) is -1.17. The Morgan fingerprint density at radius 2 is 1.88 bits per heavy atom. The first-order valence-electron chi connectivity index (χ1n) is 9.55. The average molecular weight is 365 g/mol. The van der Waals surface area contributed by atoms with Gasteiger partial charge in [-0.1, -0.05) is 19.3 Å². The Kier molecular flexibility index (Phi) is 5.48. The molecule has 1 atom stereocenters. The molecule has 0 aromatic heterocycles. The normalized spacial score (nSPS) is 25.5. The monoisotopic (exact) mass is 365 g/mol. The molecule has 2 heterocycles. The van der Waals surface area contributed by atoms with Gasteiger partial charge in [0, 0.05) is 19.5 Å². The molecule has 3 aliphatic rings. The van der Waals surface area contributed by atoms with Crippen molar-refractivity contribution in [3.05, 3.63) is 0 Å². The number of rotatable bonds is 5. The summed E-state index contributed by atoms with van der Waals surface area (Å²) in [4.78, 5) is 51.1. The minimum atomic E-state index is -0.828. The fourth-order valence-electron chi connectivity index (χ4n) is 4.40. The van der Waals surface area contributed by atoms with Crippen LogP contribution in [0.3, 0.4) is 0 Å². The van der Waals surface area contributed by atoms with E-state index in [4.69, 9.17) is 5.11 Å². The molecule has 3 rings (SSSR count). The van der Waals surface area contributed by atoms with Crippen LogP contribution in [-0.4, -0.2) is 63.9 Å². The van der Waals surface area contributed by atoms with Gasteiger partial charge in [0.25, 0.3) is 5.91 Å². The quantitative estimate of drug-likeness (QED) is 0.715. The third-order valence-corrected chi connectivity index (χ3v) is 5.88. The molecule has 0 aromatic rings. The van der Waals surface area contributed by atoms with Crippen molar-refractivity contribution >= 4 is 23.8 Å². The number of urea groups is 1. The number of carbonyl (C=O) groups is 4. The number of hydrogen-bond donors (Lipinski definition) is 2. The van der Waals surface area contributed by atoms with Crippen molar-refractivity contribution in [2.75, 3.05) is 19.6 Å². The maximum Gasteiger partial charge on any atom is 0.325 e. The Morgan fingerprint density at radius 1 is 1.15 bits per heavy atom. The van der Waals surface area contributed by atoms with Crippen molar-refractivity contribution in [1.29, 1.82) is 0 Å². The first-order chi connectivity index (χ1) is 12.4. The summed E-state index contributed by atoms with van der Waals surface area (Å²) in [7, 11) is 0. The molecular weight excluding hydrogens is 338 g/mol. The summed E-state index contributed by atoms with van der Waals surface area (Å²) in [6.45, 7) is 0.871. The Balaban J connectivity index is 1.58. The second kappa shape index (κ2) is 7.63. The summed E-state index contributed by atoms with van der Waals surface area (Å²) in [6, 6.07) is -0.468.